The van der Waals surface area contributed by atoms with Gasteiger partial charge in [0.05, 0.1) is 6.04 Å². The molecule has 2 heteroatoms. The van der Waals surface area contributed by atoms with Crippen molar-refractivity contribution in [1.29, 1.82) is 0 Å². The minimum atomic E-state index is 0.247. The molecule has 0 saturated carbocycles. The molecule has 106 valence electrons. The molecule has 1 unspecified atom stereocenters. The van der Waals surface area contributed by atoms with Crippen molar-refractivity contribution < 1.29 is 0 Å². The number of rotatable bonds is 4. The van der Waals surface area contributed by atoms with Crippen molar-refractivity contribution in [3.05, 3.63) is 68.7 Å². The third-order valence-electron chi connectivity index (χ3n) is 3.90. The van der Waals surface area contributed by atoms with Gasteiger partial charge in [-0.05, 0) is 61.2 Å². The number of hydrogen-bond donors (Lipinski definition) is 1. The van der Waals surface area contributed by atoms with Gasteiger partial charge in [-0.25, -0.2) is 0 Å². The molecule has 0 spiro atoms. The second-order valence-corrected chi connectivity index (χ2v) is 6.14. The highest BCUT2D eigenvalue weighted by Crippen LogP contribution is 2.29. The summed E-state index contributed by atoms with van der Waals surface area (Å²) < 4.78 is 1.17. The fraction of sp³-hybridized carbons (Fsp3) is 0.333. The molecule has 0 aliphatic heterocycles. The Balaban J connectivity index is 2.50. The van der Waals surface area contributed by atoms with Crippen molar-refractivity contribution in [3.63, 3.8) is 0 Å². The van der Waals surface area contributed by atoms with Crippen molar-refractivity contribution in [2.45, 2.75) is 33.7 Å². The lowest BCUT2D eigenvalue weighted by Crippen LogP contribution is -2.23. The molecule has 2 aromatic rings. The summed E-state index contributed by atoms with van der Waals surface area (Å²) in [6, 6.07) is 13.4. The molecule has 0 aliphatic rings. The van der Waals surface area contributed by atoms with Gasteiger partial charge in [0, 0.05) is 4.47 Å². The summed E-state index contributed by atoms with van der Waals surface area (Å²) in [5, 5.41) is 3.61. The smallest absolute Gasteiger partial charge is 0.0579 e. The van der Waals surface area contributed by atoms with Crippen LogP contribution in [0.2, 0.25) is 0 Å². The molecule has 0 aromatic heterocycles. The maximum atomic E-state index is 3.64. The summed E-state index contributed by atoms with van der Waals surface area (Å²) in [4.78, 5) is 0. The summed E-state index contributed by atoms with van der Waals surface area (Å²) in [5.41, 5.74) is 6.65. The highest BCUT2D eigenvalue weighted by atomic mass is 79.9. The van der Waals surface area contributed by atoms with E-state index in [4.69, 9.17) is 0 Å². The van der Waals surface area contributed by atoms with E-state index >= 15 is 0 Å². The molecule has 2 rings (SSSR count). The van der Waals surface area contributed by atoms with Crippen LogP contribution in [0.25, 0.3) is 0 Å². The molecule has 0 fully saturated rings. The predicted molar refractivity (Wildman–Crippen MR) is 90.3 cm³/mol. The zero-order valence-corrected chi connectivity index (χ0v) is 14.2. The Morgan fingerprint density at radius 2 is 1.80 bits per heavy atom. The Morgan fingerprint density at radius 3 is 2.45 bits per heavy atom. The first kappa shape index (κ1) is 15.3. The van der Waals surface area contributed by atoms with E-state index in [1.54, 1.807) is 0 Å². The van der Waals surface area contributed by atoms with Gasteiger partial charge >= 0.3 is 0 Å². The Bertz CT molecular complexity index is 604. The predicted octanol–water partition coefficient (Wildman–Crippen LogP) is 5.07. The van der Waals surface area contributed by atoms with Crippen LogP contribution in [0.1, 0.15) is 40.8 Å². The van der Waals surface area contributed by atoms with E-state index < -0.39 is 0 Å². The second-order valence-electron chi connectivity index (χ2n) is 5.29. The monoisotopic (exact) mass is 331 g/mol. The van der Waals surface area contributed by atoms with E-state index in [9.17, 15) is 0 Å². The van der Waals surface area contributed by atoms with Crippen LogP contribution in [0.3, 0.4) is 0 Å². The number of benzene rings is 2. The van der Waals surface area contributed by atoms with Crippen LogP contribution in [0.5, 0.6) is 0 Å². The van der Waals surface area contributed by atoms with Crippen molar-refractivity contribution in [2.75, 3.05) is 6.54 Å². The first-order valence-corrected chi connectivity index (χ1v) is 7.89. The summed E-state index contributed by atoms with van der Waals surface area (Å²) >= 11 is 3.64. The Hall–Kier alpha value is -1.12. The summed E-state index contributed by atoms with van der Waals surface area (Å²) in [7, 11) is 0. The standard InChI is InChI=1S/C18H22BrN/c1-5-20-18(15-10-9-13(3)17(19)11-15)16-8-6-7-12(2)14(16)4/h6-11,18,20H,5H2,1-4H3. The van der Waals surface area contributed by atoms with Crippen LogP contribution < -0.4 is 5.32 Å². The number of aryl methyl sites for hydroxylation is 2. The largest absolute Gasteiger partial charge is 0.307 e. The molecule has 0 saturated heterocycles. The lowest BCUT2D eigenvalue weighted by molar-refractivity contribution is 0.627. The fourth-order valence-corrected chi connectivity index (χ4v) is 2.88. The number of nitrogens with one attached hydrogen (secondary N) is 1. The van der Waals surface area contributed by atoms with Crippen LogP contribution in [0, 0.1) is 20.8 Å². The van der Waals surface area contributed by atoms with E-state index in [1.165, 1.54) is 32.3 Å². The van der Waals surface area contributed by atoms with Gasteiger partial charge in [-0.15, -0.1) is 0 Å². The van der Waals surface area contributed by atoms with Crippen molar-refractivity contribution in [1.82, 2.24) is 5.32 Å². The number of hydrogen-bond acceptors (Lipinski definition) is 1. The van der Waals surface area contributed by atoms with Gasteiger partial charge in [0.25, 0.3) is 0 Å². The lowest BCUT2D eigenvalue weighted by Gasteiger charge is -2.22. The average Bonchev–Trinajstić information content (AvgIpc) is 2.43. The van der Waals surface area contributed by atoms with Gasteiger partial charge in [0.2, 0.25) is 0 Å². The van der Waals surface area contributed by atoms with Gasteiger partial charge in [-0.2, -0.15) is 0 Å². The lowest BCUT2D eigenvalue weighted by atomic mass is 9.92. The molecule has 0 aliphatic carbocycles. The van der Waals surface area contributed by atoms with Crippen molar-refractivity contribution >= 4 is 15.9 Å². The number of halogens is 1. The van der Waals surface area contributed by atoms with E-state index in [2.05, 4.69) is 85.3 Å². The third kappa shape index (κ3) is 3.13. The Labute approximate surface area is 130 Å². The molecule has 0 amide bonds. The topological polar surface area (TPSA) is 12.0 Å². The normalized spacial score (nSPS) is 12.4. The van der Waals surface area contributed by atoms with Crippen molar-refractivity contribution in [2.24, 2.45) is 0 Å². The first-order chi connectivity index (χ1) is 9.54. The molecule has 0 radical (unpaired) electrons. The fourth-order valence-electron chi connectivity index (χ4n) is 2.49. The van der Waals surface area contributed by atoms with Crippen LogP contribution in [0.15, 0.2) is 40.9 Å². The van der Waals surface area contributed by atoms with Crippen molar-refractivity contribution in [3.8, 4) is 0 Å². The zero-order valence-electron chi connectivity index (χ0n) is 12.6. The SMILES string of the molecule is CCNC(c1ccc(C)c(Br)c1)c1cccc(C)c1C. The van der Waals surface area contributed by atoms with Crippen LogP contribution in [-0.4, -0.2) is 6.54 Å². The molecular weight excluding hydrogens is 310 g/mol. The molecular formula is C18H22BrN. The van der Waals surface area contributed by atoms with Gasteiger partial charge < -0.3 is 5.32 Å². The molecule has 0 heterocycles. The van der Waals surface area contributed by atoms with Gasteiger partial charge in [0.1, 0.15) is 0 Å². The zero-order chi connectivity index (χ0) is 14.7. The van der Waals surface area contributed by atoms with Gasteiger partial charge in [-0.3, -0.25) is 0 Å². The van der Waals surface area contributed by atoms with Crippen LogP contribution in [0.4, 0.5) is 0 Å². The van der Waals surface area contributed by atoms with Gasteiger partial charge in [-0.1, -0.05) is 53.2 Å². The Kier molecular flexibility index (Phi) is 5.00. The molecule has 2 aromatic carbocycles. The van der Waals surface area contributed by atoms with E-state index in [1.807, 2.05) is 0 Å². The average molecular weight is 332 g/mol. The summed E-state index contributed by atoms with van der Waals surface area (Å²) in [6.07, 6.45) is 0. The van der Waals surface area contributed by atoms with E-state index in [-0.39, 0.29) is 6.04 Å². The van der Waals surface area contributed by atoms with Crippen LogP contribution >= 0.6 is 15.9 Å². The molecule has 1 atom stereocenters. The maximum Gasteiger partial charge on any atom is 0.0579 e. The maximum absolute atomic E-state index is 3.64. The molecule has 0 bridgehead atoms. The first-order valence-electron chi connectivity index (χ1n) is 7.10. The summed E-state index contributed by atoms with van der Waals surface area (Å²) in [6.45, 7) is 9.60. The highest BCUT2D eigenvalue weighted by Gasteiger charge is 2.16. The quantitative estimate of drug-likeness (QED) is 0.824. The van der Waals surface area contributed by atoms with E-state index in [0.29, 0.717) is 0 Å². The van der Waals surface area contributed by atoms with Crippen LogP contribution in [-0.2, 0) is 0 Å². The second kappa shape index (κ2) is 6.55. The third-order valence-corrected chi connectivity index (χ3v) is 4.75. The summed E-state index contributed by atoms with van der Waals surface area (Å²) in [5.74, 6) is 0. The minimum Gasteiger partial charge on any atom is -0.307 e. The molecule has 20 heavy (non-hydrogen) atoms. The van der Waals surface area contributed by atoms with Gasteiger partial charge in [0.15, 0.2) is 0 Å². The Morgan fingerprint density at radius 1 is 1.05 bits per heavy atom. The van der Waals surface area contributed by atoms with E-state index in [0.717, 1.165) is 6.54 Å². The highest BCUT2D eigenvalue weighted by molar-refractivity contribution is 9.10. The minimum absolute atomic E-state index is 0.247. The molecule has 1 nitrogen and oxygen atoms in total. The molecule has 1 N–H and O–H groups in total.